The van der Waals surface area contributed by atoms with Crippen LogP contribution in [-0.2, 0) is 6.18 Å². The van der Waals surface area contributed by atoms with Crippen LogP contribution >= 0.6 is 0 Å². The average Bonchev–Trinajstić information content (AvgIpc) is 2.37. The lowest BCUT2D eigenvalue weighted by Gasteiger charge is -2.08. The van der Waals surface area contributed by atoms with Crippen molar-refractivity contribution in [2.24, 2.45) is 10.2 Å². The Labute approximate surface area is 95.4 Å². The molecule has 1 unspecified atom stereocenters. The van der Waals surface area contributed by atoms with Gasteiger partial charge in [0.25, 0.3) is 0 Å². The van der Waals surface area contributed by atoms with E-state index in [2.05, 4.69) is 10.2 Å². The number of carbonyl (C=O) groups excluding carboxylic acids is 1. The van der Waals surface area contributed by atoms with Crippen LogP contribution in [0.4, 0.5) is 18.9 Å². The summed E-state index contributed by atoms with van der Waals surface area (Å²) in [7, 11) is 0. The summed E-state index contributed by atoms with van der Waals surface area (Å²) >= 11 is 0. The van der Waals surface area contributed by atoms with Gasteiger partial charge in [-0.25, -0.2) is 0 Å². The Morgan fingerprint density at radius 2 is 2.06 bits per heavy atom. The van der Waals surface area contributed by atoms with E-state index in [4.69, 9.17) is 0 Å². The summed E-state index contributed by atoms with van der Waals surface area (Å²) < 4.78 is 37.4. The van der Waals surface area contributed by atoms with Gasteiger partial charge in [0.1, 0.15) is 0 Å². The largest absolute Gasteiger partial charge is 0.416 e. The van der Waals surface area contributed by atoms with Crippen molar-refractivity contribution in [3.8, 4) is 0 Å². The van der Waals surface area contributed by atoms with Crippen LogP contribution in [0.2, 0.25) is 0 Å². The first kappa shape index (κ1) is 11.8. The van der Waals surface area contributed by atoms with Gasteiger partial charge in [-0.15, -0.1) is 0 Å². The quantitative estimate of drug-likeness (QED) is 0.682. The van der Waals surface area contributed by atoms with E-state index in [-0.39, 0.29) is 29.5 Å². The van der Waals surface area contributed by atoms with E-state index in [1.165, 1.54) is 0 Å². The summed E-state index contributed by atoms with van der Waals surface area (Å²) in [6, 6.07) is 2.61. The second-order valence-electron chi connectivity index (χ2n) is 3.92. The summed E-state index contributed by atoms with van der Waals surface area (Å²) in [5.41, 5.74) is -0.627. The van der Waals surface area contributed by atoms with Crippen molar-refractivity contribution in [3.63, 3.8) is 0 Å². The minimum absolute atomic E-state index is 0.00539. The molecule has 17 heavy (non-hydrogen) atoms. The Morgan fingerprint density at radius 3 is 2.71 bits per heavy atom. The van der Waals surface area contributed by atoms with E-state index >= 15 is 0 Å². The number of carbonyl (C=O) groups is 1. The van der Waals surface area contributed by atoms with Crippen molar-refractivity contribution in [3.05, 3.63) is 29.3 Å². The zero-order valence-corrected chi connectivity index (χ0v) is 8.95. The van der Waals surface area contributed by atoms with Crippen molar-refractivity contribution in [1.82, 2.24) is 0 Å². The molecule has 1 atom stereocenters. The topological polar surface area (TPSA) is 41.8 Å². The highest BCUT2D eigenvalue weighted by Crippen LogP contribution is 2.34. The summed E-state index contributed by atoms with van der Waals surface area (Å²) in [5, 5.41) is 7.47. The molecule has 6 heteroatoms. The molecule has 3 nitrogen and oxygen atoms in total. The summed E-state index contributed by atoms with van der Waals surface area (Å²) in [4.78, 5) is 11.7. The number of fused-ring (bicyclic) bond motifs is 1. The predicted molar refractivity (Wildman–Crippen MR) is 54.4 cm³/mol. The van der Waals surface area contributed by atoms with E-state index in [1.54, 1.807) is 6.92 Å². The molecule has 0 bridgehead atoms. The second kappa shape index (κ2) is 3.94. The molecule has 0 spiro atoms. The van der Waals surface area contributed by atoms with E-state index in [0.29, 0.717) is 0 Å². The van der Waals surface area contributed by atoms with Crippen LogP contribution in [0.15, 0.2) is 28.4 Å². The average molecular weight is 242 g/mol. The molecule has 0 fully saturated rings. The van der Waals surface area contributed by atoms with E-state index < -0.39 is 11.7 Å². The molecule has 0 aromatic heterocycles. The highest BCUT2D eigenvalue weighted by Gasteiger charge is 2.32. The van der Waals surface area contributed by atoms with Gasteiger partial charge in [0.05, 0.1) is 17.3 Å². The lowest BCUT2D eigenvalue weighted by Crippen LogP contribution is -2.08. The molecule has 90 valence electrons. The lowest BCUT2D eigenvalue weighted by molar-refractivity contribution is -0.137. The number of hydrogen-bond acceptors (Lipinski definition) is 3. The third-order valence-electron chi connectivity index (χ3n) is 2.47. The fourth-order valence-electron chi connectivity index (χ4n) is 1.61. The molecule has 0 radical (unpaired) electrons. The Hall–Kier alpha value is -1.72. The van der Waals surface area contributed by atoms with Crippen LogP contribution in [0.1, 0.15) is 29.3 Å². The number of ketones is 1. The second-order valence-corrected chi connectivity index (χ2v) is 3.92. The molecule has 0 N–H and O–H groups in total. The fourth-order valence-corrected chi connectivity index (χ4v) is 1.61. The predicted octanol–water partition coefficient (Wildman–Crippen LogP) is 3.76. The van der Waals surface area contributed by atoms with Crippen LogP contribution in [0.5, 0.6) is 0 Å². The molecule has 1 heterocycles. The van der Waals surface area contributed by atoms with Gasteiger partial charge in [-0.05, 0) is 25.1 Å². The third-order valence-corrected chi connectivity index (χ3v) is 2.47. The molecule has 0 aliphatic carbocycles. The van der Waals surface area contributed by atoms with Crippen LogP contribution < -0.4 is 0 Å². The van der Waals surface area contributed by atoms with Gasteiger partial charge in [-0.2, -0.15) is 23.4 Å². The van der Waals surface area contributed by atoms with E-state index in [0.717, 1.165) is 18.2 Å². The molecule has 1 aliphatic rings. The van der Waals surface area contributed by atoms with Crippen LogP contribution in [0, 0.1) is 0 Å². The highest BCUT2D eigenvalue weighted by atomic mass is 19.4. The Morgan fingerprint density at radius 1 is 1.35 bits per heavy atom. The van der Waals surface area contributed by atoms with Crippen LogP contribution in [-0.4, -0.2) is 11.8 Å². The van der Waals surface area contributed by atoms with Crippen LogP contribution in [0.3, 0.4) is 0 Å². The Bertz CT molecular complexity index is 494. The van der Waals surface area contributed by atoms with Gasteiger partial charge in [-0.1, -0.05) is 0 Å². The molecule has 0 saturated heterocycles. The van der Waals surface area contributed by atoms with Gasteiger partial charge in [-0.3, -0.25) is 4.79 Å². The summed E-state index contributed by atoms with van der Waals surface area (Å²) in [6.07, 6.45) is -4.27. The van der Waals surface area contributed by atoms with E-state index in [9.17, 15) is 18.0 Å². The van der Waals surface area contributed by atoms with Crippen molar-refractivity contribution in [2.45, 2.75) is 25.6 Å². The molecular formula is C11H9F3N2O. The maximum absolute atomic E-state index is 12.5. The lowest BCUT2D eigenvalue weighted by atomic mass is 10.0. The number of nitrogens with zero attached hydrogens (tertiary/aromatic N) is 2. The Kier molecular flexibility index (Phi) is 2.73. The monoisotopic (exact) mass is 242 g/mol. The number of halogens is 3. The number of Topliss-reactive ketones (excluding diaryl/α,β-unsaturated/α-hetero) is 1. The number of benzene rings is 1. The standard InChI is InChI=1S/C11H9F3N2O/c1-6-4-10(17)8-3-2-7(11(12,13)14)5-9(8)16-15-6/h2-3,5-6H,4H2,1H3. The molecule has 2 rings (SSSR count). The normalized spacial score (nSPS) is 20.0. The zero-order valence-electron chi connectivity index (χ0n) is 8.95. The van der Waals surface area contributed by atoms with Gasteiger partial charge in [0, 0.05) is 12.0 Å². The summed E-state index contributed by atoms with van der Waals surface area (Å²) in [6.45, 7) is 1.69. The van der Waals surface area contributed by atoms with Crippen LogP contribution in [0.25, 0.3) is 0 Å². The van der Waals surface area contributed by atoms with E-state index in [1.807, 2.05) is 0 Å². The maximum atomic E-state index is 12.5. The first-order valence-corrected chi connectivity index (χ1v) is 5.03. The highest BCUT2D eigenvalue weighted by molar-refractivity contribution is 6.01. The Balaban J connectivity index is 2.51. The molecule has 1 aromatic rings. The van der Waals surface area contributed by atoms with Gasteiger partial charge in [0.15, 0.2) is 5.78 Å². The van der Waals surface area contributed by atoms with Crippen molar-refractivity contribution in [1.29, 1.82) is 0 Å². The zero-order chi connectivity index (χ0) is 12.6. The van der Waals surface area contributed by atoms with Gasteiger partial charge < -0.3 is 0 Å². The fraction of sp³-hybridized carbons (Fsp3) is 0.364. The molecular weight excluding hydrogens is 233 g/mol. The van der Waals surface area contributed by atoms with Crippen molar-refractivity contribution < 1.29 is 18.0 Å². The third kappa shape index (κ3) is 2.35. The molecule has 1 aromatic carbocycles. The summed E-state index contributed by atoms with van der Waals surface area (Å²) in [5.74, 6) is -0.230. The number of rotatable bonds is 0. The first-order valence-electron chi connectivity index (χ1n) is 5.03. The number of hydrogen-bond donors (Lipinski definition) is 0. The number of azo groups is 1. The number of alkyl halides is 3. The molecule has 0 saturated carbocycles. The minimum Gasteiger partial charge on any atom is -0.294 e. The first-order chi connectivity index (χ1) is 7.88. The maximum Gasteiger partial charge on any atom is 0.416 e. The van der Waals surface area contributed by atoms with Crippen molar-refractivity contribution >= 4 is 11.5 Å². The van der Waals surface area contributed by atoms with Crippen molar-refractivity contribution in [2.75, 3.05) is 0 Å². The molecule has 1 aliphatic heterocycles. The smallest absolute Gasteiger partial charge is 0.294 e. The molecule has 0 amide bonds. The van der Waals surface area contributed by atoms with Gasteiger partial charge >= 0.3 is 6.18 Å². The van der Waals surface area contributed by atoms with Gasteiger partial charge in [0.2, 0.25) is 0 Å². The SMILES string of the molecule is CC1CC(=O)c2ccc(C(F)(F)F)cc2N=N1. The minimum atomic E-state index is -4.44.